The summed E-state index contributed by atoms with van der Waals surface area (Å²) in [4.78, 5) is 22.8. The lowest BCUT2D eigenvalue weighted by atomic mass is 10.2. The molecule has 17 heavy (non-hydrogen) atoms. The quantitative estimate of drug-likeness (QED) is 0.817. The van der Waals surface area contributed by atoms with Crippen molar-refractivity contribution in [2.45, 2.75) is 33.4 Å². The largest absolute Gasteiger partial charge is 0.478 e. The topological polar surface area (TPSA) is 60.3 Å². The van der Waals surface area contributed by atoms with Gasteiger partial charge >= 0.3 is 0 Å². The van der Waals surface area contributed by atoms with Gasteiger partial charge in [0.1, 0.15) is 0 Å². The summed E-state index contributed by atoms with van der Waals surface area (Å²) in [6, 6.07) is 1.59. The molecule has 2 rings (SSSR count). The molecular formula is C12H16N2O3. The molecule has 1 aliphatic heterocycles. The minimum atomic E-state index is -0.153. The number of pyridine rings is 1. The first-order valence-electron chi connectivity index (χ1n) is 5.70. The Morgan fingerprint density at radius 1 is 1.59 bits per heavy atom. The molecule has 0 fully saturated rings. The zero-order valence-corrected chi connectivity index (χ0v) is 10.1. The van der Waals surface area contributed by atoms with Crippen LogP contribution in [0.3, 0.4) is 0 Å². The van der Waals surface area contributed by atoms with Crippen molar-refractivity contribution in [2.75, 3.05) is 6.61 Å². The standard InChI is InChI=1S/C12H16N2O3/c1-8-6-11(16)10(7-13-9(2)15)12-14(8)4-3-5-17-12/h6H,3-5,7H2,1-2H3,(H,13,15). The second-order valence-electron chi connectivity index (χ2n) is 4.20. The van der Waals surface area contributed by atoms with E-state index in [0.717, 1.165) is 18.7 Å². The smallest absolute Gasteiger partial charge is 0.217 e. The minimum absolute atomic E-state index is 0.0793. The fraction of sp³-hybridized carbons (Fsp3) is 0.500. The number of rotatable bonds is 2. The van der Waals surface area contributed by atoms with Crippen LogP contribution in [0.1, 0.15) is 24.6 Å². The minimum Gasteiger partial charge on any atom is -0.478 e. The van der Waals surface area contributed by atoms with Crippen molar-refractivity contribution in [3.8, 4) is 5.88 Å². The third-order valence-corrected chi connectivity index (χ3v) is 2.85. The fourth-order valence-electron chi connectivity index (χ4n) is 1.99. The van der Waals surface area contributed by atoms with Gasteiger partial charge < -0.3 is 14.6 Å². The van der Waals surface area contributed by atoms with Gasteiger partial charge in [-0.25, -0.2) is 0 Å². The van der Waals surface area contributed by atoms with Crippen molar-refractivity contribution >= 4 is 5.91 Å². The van der Waals surface area contributed by atoms with Crippen LogP contribution in [-0.2, 0) is 17.9 Å². The van der Waals surface area contributed by atoms with Gasteiger partial charge in [-0.2, -0.15) is 0 Å². The van der Waals surface area contributed by atoms with Gasteiger partial charge in [0.05, 0.1) is 18.7 Å². The number of aryl methyl sites for hydroxylation is 1. The molecule has 1 aromatic heterocycles. The van der Waals surface area contributed by atoms with E-state index in [2.05, 4.69) is 5.32 Å². The predicted molar refractivity (Wildman–Crippen MR) is 63.1 cm³/mol. The number of nitrogens with zero attached hydrogens (tertiary/aromatic N) is 1. The lowest BCUT2D eigenvalue weighted by molar-refractivity contribution is -0.119. The van der Waals surface area contributed by atoms with Crippen LogP contribution in [0.5, 0.6) is 5.88 Å². The average molecular weight is 236 g/mol. The van der Waals surface area contributed by atoms with Crippen molar-refractivity contribution in [3.63, 3.8) is 0 Å². The Balaban J connectivity index is 2.43. The second kappa shape index (κ2) is 4.61. The van der Waals surface area contributed by atoms with Crippen LogP contribution in [-0.4, -0.2) is 17.1 Å². The lowest BCUT2D eigenvalue weighted by Gasteiger charge is -2.24. The summed E-state index contributed by atoms with van der Waals surface area (Å²) < 4.78 is 7.55. The van der Waals surface area contributed by atoms with Gasteiger partial charge in [0, 0.05) is 25.2 Å². The first-order valence-corrected chi connectivity index (χ1v) is 5.70. The van der Waals surface area contributed by atoms with Crippen LogP contribution in [0.4, 0.5) is 0 Å². The van der Waals surface area contributed by atoms with Crippen molar-refractivity contribution in [3.05, 3.63) is 27.5 Å². The molecule has 0 aliphatic carbocycles. The van der Waals surface area contributed by atoms with Gasteiger partial charge in [0.15, 0.2) is 5.43 Å². The molecule has 1 aromatic rings. The molecule has 0 saturated heterocycles. The highest BCUT2D eigenvalue weighted by Gasteiger charge is 2.18. The molecule has 0 saturated carbocycles. The Hall–Kier alpha value is -1.78. The number of amides is 1. The molecule has 5 heteroatoms. The third-order valence-electron chi connectivity index (χ3n) is 2.85. The van der Waals surface area contributed by atoms with Crippen molar-refractivity contribution in [1.82, 2.24) is 9.88 Å². The lowest BCUT2D eigenvalue weighted by Crippen LogP contribution is -2.29. The van der Waals surface area contributed by atoms with Crippen molar-refractivity contribution in [1.29, 1.82) is 0 Å². The third kappa shape index (κ3) is 2.33. The maximum atomic E-state index is 11.9. The maximum Gasteiger partial charge on any atom is 0.217 e. The van der Waals surface area contributed by atoms with Crippen LogP contribution in [0.2, 0.25) is 0 Å². The number of carbonyl (C=O) groups excluding carboxylic acids is 1. The van der Waals surface area contributed by atoms with Gasteiger partial charge in [-0.1, -0.05) is 0 Å². The molecule has 0 atom stereocenters. The van der Waals surface area contributed by atoms with E-state index in [1.54, 1.807) is 6.07 Å². The van der Waals surface area contributed by atoms with Crippen LogP contribution < -0.4 is 15.5 Å². The fourth-order valence-corrected chi connectivity index (χ4v) is 1.99. The molecule has 5 nitrogen and oxygen atoms in total. The molecular weight excluding hydrogens is 220 g/mol. The zero-order chi connectivity index (χ0) is 12.4. The summed E-state index contributed by atoms with van der Waals surface area (Å²) in [5, 5.41) is 2.64. The van der Waals surface area contributed by atoms with E-state index >= 15 is 0 Å². The zero-order valence-electron chi connectivity index (χ0n) is 10.1. The van der Waals surface area contributed by atoms with Crippen molar-refractivity contribution in [2.24, 2.45) is 0 Å². The van der Waals surface area contributed by atoms with E-state index in [4.69, 9.17) is 4.74 Å². The van der Waals surface area contributed by atoms with E-state index in [1.165, 1.54) is 6.92 Å². The highest BCUT2D eigenvalue weighted by Crippen LogP contribution is 2.21. The summed E-state index contributed by atoms with van der Waals surface area (Å²) in [6.45, 7) is 5.02. The number of hydrogen-bond donors (Lipinski definition) is 1. The van der Waals surface area contributed by atoms with Gasteiger partial charge in [0.25, 0.3) is 0 Å². The molecule has 1 N–H and O–H groups in total. The number of aromatic nitrogens is 1. The molecule has 0 bridgehead atoms. The van der Waals surface area contributed by atoms with Crippen LogP contribution in [0.15, 0.2) is 10.9 Å². The summed E-state index contributed by atoms with van der Waals surface area (Å²) in [5.74, 6) is 0.453. The number of fused-ring (bicyclic) bond motifs is 1. The molecule has 0 spiro atoms. The number of nitrogens with one attached hydrogen (secondary N) is 1. The molecule has 0 radical (unpaired) electrons. The molecule has 0 aromatic carbocycles. The summed E-state index contributed by atoms with van der Waals surface area (Å²) >= 11 is 0. The Kier molecular flexibility index (Phi) is 3.17. The maximum absolute atomic E-state index is 11.9. The van der Waals surface area contributed by atoms with E-state index in [9.17, 15) is 9.59 Å². The van der Waals surface area contributed by atoms with Crippen LogP contribution in [0, 0.1) is 6.92 Å². The van der Waals surface area contributed by atoms with E-state index in [0.29, 0.717) is 18.1 Å². The molecule has 1 aliphatic rings. The number of hydrogen-bond acceptors (Lipinski definition) is 3. The molecule has 92 valence electrons. The van der Waals surface area contributed by atoms with Crippen molar-refractivity contribution < 1.29 is 9.53 Å². The summed E-state index contributed by atoms with van der Waals surface area (Å²) in [6.07, 6.45) is 0.941. The molecule has 2 heterocycles. The van der Waals surface area contributed by atoms with Gasteiger partial charge in [-0.15, -0.1) is 0 Å². The first kappa shape index (κ1) is 11.7. The van der Waals surface area contributed by atoms with E-state index < -0.39 is 0 Å². The SMILES string of the molecule is CC(=O)NCc1c2n(c(C)cc1=O)CCCO2. The monoisotopic (exact) mass is 236 g/mol. The highest BCUT2D eigenvalue weighted by atomic mass is 16.5. The Bertz CT molecular complexity index is 505. The Morgan fingerprint density at radius 3 is 3.06 bits per heavy atom. The van der Waals surface area contributed by atoms with Gasteiger partial charge in [-0.05, 0) is 13.3 Å². The Labute approximate surface area is 99.4 Å². The normalized spacial score (nSPS) is 13.8. The summed E-state index contributed by atoms with van der Waals surface area (Å²) in [5.41, 5.74) is 1.35. The van der Waals surface area contributed by atoms with Gasteiger partial charge in [-0.3, -0.25) is 9.59 Å². The van der Waals surface area contributed by atoms with E-state index in [-0.39, 0.29) is 17.9 Å². The number of carbonyl (C=O) groups is 1. The highest BCUT2D eigenvalue weighted by molar-refractivity contribution is 5.72. The number of ether oxygens (including phenoxy) is 1. The van der Waals surface area contributed by atoms with Crippen LogP contribution in [0.25, 0.3) is 0 Å². The predicted octanol–water partition coefficient (Wildman–Crippen LogP) is 0.575. The van der Waals surface area contributed by atoms with Crippen LogP contribution >= 0.6 is 0 Å². The second-order valence-corrected chi connectivity index (χ2v) is 4.20. The van der Waals surface area contributed by atoms with Gasteiger partial charge in [0.2, 0.25) is 11.8 Å². The molecule has 0 unspecified atom stereocenters. The molecule has 1 amide bonds. The first-order chi connectivity index (χ1) is 8.09. The van der Waals surface area contributed by atoms with E-state index in [1.807, 2.05) is 11.5 Å². The average Bonchev–Trinajstić information content (AvgIpc) is 2.28. The Morgan fingerprint density at radius 2 is 2.35 bits per heavy atom. The summed E-state index contributed by atoms with van der Waals surface area (Å²) in [7, 11) is 0.